The predicted molar refractivity (Wildman–Crippen MR) is 208 cm³/mol. The number of amides is 1. The highest BCUT2D eigenvalue weighted by Gasteiger charge is 2.47. The molecular formula is C42H45ClFN5O5. The van der Waals surface area contributed by atoms with Crippen LogP contribution >= 0.6 is 11.6 Å². The minimum absolute atomic E-state index is 0.000437. The highest BCUT2D eigenvalue weighted by Crippen LogP contribution is 2.45. The first-order chi connectivity index (χ1) is 25.9. The second-order valence-corrected chi connectivity index (χ2v) is 16.4. The summed E-state index contributed by atoms with van der Waals surface area (Å²) in [5, 5.41) is 2.03. The van der Waals surface area contributed by atoms with Crippen LogP contribution in [0.15, 0.2) is 48.6 Å². The summed E-state index contributed by atoms with van der Waals surface area (Å²) in [5.41, 5.74) is 1.63. The largest absolute Gasteiger partial charge is 0.468 e. The zero-order chi connectivity index (χ0) is 37.9. The molecule has 3 aromatic carbocycles. The van der Waals surface area contributed by atoms with E-state index >= 15 is 4.39 Å². The third-order valence-electron chi connectivity index (χ3n) is 11.2. The van der Waals surface area contributed by atoms with Crippen LogP contribution in [0.25, 0.3) is 32.8 Å². The average molecular weight is 754 g/mol. The van der Waals surface area contributed by atoms with Gasteiger partial charge in [-0.05, 0) is 94.6 Å². The van der Waals surface area contributed by atoms with Crippen LogP contribution in [-0.4, -0.2) is 95.8 Å². The van der Waals surface area contributed by atoms with E-state index in [1.807, 2.05) is 49.9 Å². The first-order valence-corrected chi connectivity index (χ1v) is 18.9. The van der Waals surface area contributed by atoms with E-state index in [4.69, 9.17) is 46.9 Å². The molecule has 4 saturated heterocycles. The standard InChI is InChI=1S/C42H45ClFN5O5/c1-7-26-10-8-11-27-16-30(53-24-51-6)17-31(34(26)27)35-33(43)18-32-37(36(35)44)45-39(52-23-42-14-9-15-48(42)20-25(2)19-42)46-38(32)47-21-28-12-13-29(22-47)49(28)40(50)54-41(3,4)5/h1,8,10-11,16-18,28-29H,2,9,12-15,19-24H2,3-6H3/t28-,29+,42?. The Morgan fingerprint density at radius 3 is 2.65 bits per heavy atom. The molecule has 54 heavy (non-hydrogen) atoms. The highest BCUT2D eigenvalue weighted by molar-refractivity contribution is 6.35. The number of piperazine rings is 1. The van der Waals surface area contributed by atoms with E-state index in [9.17, 15) is 4.79 Å². The van der Waals surface area contributed by atoms with E-state index in [1.54, 1.807) is 12.1 Å². The molecule has 4 aliphatic rings. The average Bonchev–Trinajstić information content (AvgIpc) is 3.75. The number of aromatic nitrogens is 2. The molecule has 282 valence electrons. The van der Waals surface area contributed by atoms with Crippen LogP contribution in [0.1, 0.15) is 58.4 Å². The van der Waals surface area contributed by atoms with Gasteiger partial charge in [-0.15, -0.1) is 6.42 Å². The van der Waals surface area contributed by atoms with Gasteiger partial charge in [0.2, 0.25) is 0 Å². The third kappa shape index (κ3) is 6.48. The Balaban J connectivity index is 1.26. The van der Waals surface area contributed by atoms with Gasteiger partial charge >= 0.3 is 12.1 Å². The molecule has 1 aromatic heterocycles. The van der Waals surface area contributed by atoms with Crippen molar-refractivity contribution in [2.45, 2.75) is 76.1 Å². The summed E-state index contributed by atoms with van der Waals surface area (Å²) >= 11 is 7.12. The summed E-state index contributed by atoms with van der Waals surface area (Å²) in [6.07, 6.45) is 10.2. The maximum Gasteiger partial charge on any atom is 0.410 e. The zero-order valence-electron chi connectivity index (χ0n) is 31.2. The number of hydrogen-bond acceptors (Lipinski definition) is 9. The molecule has 10 nitrogen and oxygen atoms in total. The summed E-state index contributed by atoms with van der Waals surface area (Å²) in [6, 6.07) is 10.7. The Morgan fingerprint density at radius 1 is 1.15 bits per heavy atom. The second kappa shape index (κ2) is 13.9. The van der Waals surface area contributed by atoms with Crippen LogP contribution < -0.4 is 14.4 Å². The van der Waals surface area contributed by atoms with Crippen molar-refractivity contribution in [2.75, 3.05) is 51.6 Å². The molecule has 4 fully saturated rings. The van der Waals surface area contributed by atoms with Crippen molar-refractivity contribution < 1.29 is 28.1 Å². The lowest BCUT2D eigenvalue weighted by Crippen LogP contribution is -2.57. The molecule has 8 rings (SSSR count). The fraction of sp³-hybridized carbons (Fsp3) is 0.452. The van der Waals surface area contributed by atoms with Gasteiger partial charge < -0.3 is 23.8 Å². The number of methoxy groups -OCH3 is 1. The lowest BCUT2D eigenvalue weighted by atomic mass is 9.93. The molecule has 0 spiro atoms. The van der Waals surface area contributed by atoms with Crippen LogP contribution in [0, 0.1) is 18.2 Å². The van der Waals surface area contributed by atoms with Gasteiger partial charge in [0.1, 0.15) is 29.3 Å². The number of terminal acetylenes is 1. The molecule has 4 aliphatic heterocycles. The first kappa shape index (κ1) is 36.4. The van der Waals surface area contributed by atoms with Crippen LogP contribution in [0.3, 0.4) is 0 Å². The van der Waals surface area contributed by atoms with Crippen molar-refractivity contribution in [1.82, 2.24) is 19.8 Å². The van der Waals surface area contributed by atoms with Crippen LogP contribution in [0.5, 0.6) is 11.8 Å². The van der Waals surface area contributed by atoms with E-state index in [2.05, 4.69) is 22.3 Å². The molecule has 0 saturated carbocycles. The van der Waals surface area contributed by atoms with Gasteiger partial charge in [0.15, 0.2) is 12.6 Å². The SMILES string of the molecule is C#Cc1cccc2cc(OCOC)cc(-c3c(Cl)cc4c(N5C[C@H]6CC[C@@H](C5)N6C(=O)OC(C)(C)C)nc(OCC56CCCN5CC(=C)C6)nc4c3F)c12. The lowest BCUT2D eigenvalue weighted by Gasteiger charge is -2.42. The van der Waals surface area contributed by atoms with Crippen molar-refractivity contribution >= 4 is 45.2 Å². The molecule has 0 aliphatic carbocycles. The molecular weight excluding hydrogens is 709 g/mol. The fourth-order valence-corrected chi connectivity index (χ4v) is 9.27. The number of rotatable bonds is 8. The molecule has 3 atom stereocenters. The van der Waals surface area contributed by atoms with Crippen molar-refractivity contribution in [2.24, 2.45) is 0 Å². The number of fused-ring (bicyclic) bond motifs is 5. The lowest BCUT2D eigenvalue weighted by molar-refractivity contribution is 0.0122. The number of ether oxygens (including phenoxy) is 4. The van der Waals surface area contributed by atoms with Crippen molar-refractivity contribution in [3.05, 3.63) is 65.0 Å². The molecule has 1 unspecified atom stereocenters. The van der Waals surface area contributed by atoms with Gasteiger partial charge in [-0.1, -0.05) is 41.8 Å². The van der Waals surface area contributed by atoms with Gasteiger partial charge in [-0.25, -0.2) is 9.18 Å². The number of halogens is 2. The number of anilines is 1. The van der Waals surface area contributed by atoms with Crippen molar-refractivity contribution in [3.8, 4) is 35.2 Å². The molecule has 2 bridgehead atoms. The topological polar surface area (TPSA) is 89.5 Å². The van der Waals surface area contributed by atoms with E-state index < -0.39 is 11.4 Å². The monoisotopic (exact) mass is 753 g/mol. The van der Waals surface area contributed by atoms with E-state index in [0.29, 0.717) is 53.2 Å². The normalized spacial score (nSPS) is 22.6. The summed E-state index contributed by atoms with van der Waals surface area (Å²) in [6.45, 7) is 13.0. The molecule has 0 radical (unpaired) electrons. The Kier molecular flexibility index (Phi) is 9.36. The molecule has 5 heterocycles. The van der Waals surface area contributed by atoms with E-state index in [0.717, 1.165) is 50.6 Å². The summed E-state index contributed by atoms with van der Waals surface area (Å²) in [7, 11) is 1.53. The summed E-state index contributed by atoms with van der Waals surface area (Å²) in [4.78, 5) is 29.5. The number of hydrogen-bond donors (Lipinski definition) is 0. The quantitative estimate of drug-likeness (QED) is 0.101. The number of carbonyl (C=O) groups excluding carboxylic acids is 1. The Morgan fingerprint density at radius 2 is 1.93 bits per heavy atom. The number of nitrogens with zero attached hydrogens (tertiary/aromatic N) is 5. The van der Waals surface area contributed by atoms with Crippen molar-refractivity contribution in [3.63, 3.8) is 0 Å². The van der Waals surface area contributed by atoms with Gasteiger partial charge in [0.25, 0.3) is 0 Å². The van der Waals surface area contributed by atoms with Crippen LogP contribution in [0.2, 0.25) is 5.02 Å². The molecule has 12 heteroatoms. The smallest absolute Gasteiger partial charge is 0.410 e. The Hall–Kier alpha value is -4.63. The van der Waals surface area contributed by atoms with Gasteiger partial charge in [0.05, 0.1) is 22.6 Å². The highest BCUT2D eigenvalue weighted by atomic mass is 35.5. The minimum atomic E-state index is -0.631. The van der Waals surface area contributed by atoms with Crippen molar-refractivity contribution in [1.29, 1.82) is 0 Å². The van der Waals surface area contributed by atoms with Gasteiger partial charge in [-0.2, -0.15) is 9.97 Å². The number of benzene rings is 3. The molecule has 1 amide bonds. The predicted octanol–water partition coefficient (Wildman–Crippen LogP) is 7.97. The minimum Gasteiger partial charge on any atom is -0.468 e. The maximum absolute atomic E-state index is 17.5. The van der Waals surface area contributed by atoms with Gasteiger partial charge in [-0.3, -0.25) is 9.80 Å². The Bertz CT molecular complexity index is 2200. The molecule has 0 N–H and O–H groups in total. The summed E-state index contributed by atoms with van der Waals surface area (Å²) < 4.78 is 40.8. The maximum atomic E-state index is 17.5. The van der Waals surface area contributed by atoms with Crippen LogP contribution in [-0.2, 0) is 9.47 Å². The Labute approximate surface area is 320 Å². The summed E-state index contributed by atoms with van der Waals surface area (Å²) in [5.74, 6) is 3.09. The van der Waals surface area contributed by atoms with E-state index in [1.165, 1.54) is 12.7 Å². The number of carbonyl (C=O) groups is 1. The van der Waals surface area contributed by atoms with Crippen LogP contribution in [0.4, 0.5) is 15.0 Å². The second-order valence-electron chi connectivity index (χ2n) is 16.0. The van der Waals surface area contributed by atoms with E-state index in [-0.39, 0.29) is 52.6 Å². The fourth-order valence-electron chi connectivity index (χ4n) is 8.97. The zero-order valence-corrected chi connectivity index (χ0v) is 32.0. The third-order valence-corrected chi connectivity index (χ3v) is 11.4. The molecule has 4 aromatic rings. The first-order valence-electron chi connectivity index (χ1n) is 18.5. The van der Waals surface area contributed by atoms with Gasteiger partial charge in [0, 0.05) is 48.6 Å².